The zero-order valence-corrected chi connectivity index (χ0v) is 11.5. The van der Waals surface area contributed by atoms with Crippen molar-refractivity contribution >= 4 is 11.6 Å². The molecule has 1 heterocycles. The van der Waals surface area contributed by atoms with Crippen molar-refractivity contribution < 1.29 is 19.0 Å². The van der Waals surface area contributed by atoms with E-state index in [-0.39, 0.29) is 5.91 Å². The number of hydrogen-bond acceptors (Lipinski definition) is 4. The van der Waals surface area contributed by atoms with Crippen LogP contribution in [0, 0.1) is 0 Å². The van der Waals surface area contributed by atoms with Crippen LogP contribution in [0.3, 0.4) is 0 Å². The maximum Gasteiger partial charge on any atom is 0.272 e. The molecular formula is C14H16N2O4. The number of hydrogen-bond donors (Lipinski definition) is 2. The smallest absolute Gasteiger partial charge is 0.272 e. The summed E-state index contributed by atoms with van der Waals surface area (Å²) in [5.41, 5.74) is 1.03. The van der Waals surface area contributed by atoms with Crippen LogP contribution in [0.2, 0.25) is 0 Å². The monoisotopic (exact) mass is 276 g/mol. The number of nitrogens with one attached hydrogen (secondary N) is 2. The molecule has 0 atom stereocenters. The van der Waals surface area contributed by atoms with Gasteiger partial charge in [0.25, 0.3) is 5.91 Å². The van der Waals surface area contributed by atoms with Crippen LogP contribution in [-0.4, -0.2) is 32.2 Å². The molecule has 0 fully saturated rings. The summed E-state index contributed by atoms with van der Waals surface area (Å²) in [6.07, 6.45) is 1.68. The Hall–Kier alpha value is -2.63. The Morgan fingerprint density at radius 2 is 1.75 bits per heavy atom. The lowest BCUT2D eigenvalue weighted by Gasteiger charge is -2.14. The molecule has 0 bridgehead atoms. The first kappa shape index (κ1) is 13.8. The summed E-state index contributed by atoms with van der Waals surface area (Å²) in [6.45, 7) is 0. The number of carbonyl (C=O) groups is 1. The van der Waals surface area contributed by atoms with Gasteiger partial charge in [-0.1, -0.05) is 0 Å². The summed E-state index contributed by atoms with van der Waals surface area (Å²) in [5.74, 6) is 1.19. The highest BCUT2D eigenvalue weighted by Gasteiger charge is 2.15. The predicted octanol–water partition coefficient (Wildman–Crippen LogP) is 2.29. The largest absolute Gasteiger partial charge is 0.493 e. The van der Waals surface area contributed by atoms with Crippen molar-refractivity contribution in [2.75, 3.05) is 26.6 Å². The average Bonchev–Trinajstić information content (AvgIpc) is 3.00. The Labute approximate surface area is 116 Å². The number of rotatable bonds is 5. The van der Waals surface area contributed by atoms with E-state index in [0.717, 1.165) is 0 Å². The molecule has 0 saturated carbocycles. The van der Waals surface area contributed by atoms with Gasteiger partial charge in [-0.2, -0.15) is 0 Å². The van der Waals surface area contributed by atoms with Crippen LogP contribution in [0.4, 0.5) is 5.69 Å². The third-order valence-electron chi connectivity index (χ3n) is 2.77. The van der Waals surface area contributed by atoms with Crippen molar-refractivity contribution in [2.45, 2.75) is 0 Å². The van der Waals surface area contributed by atoms with E-state index in [4.69, 9.17) is 14.2 Å². The molecule has 0 aliphatic rings. The molecule has 0 saturated heterocycles. The summed E-state index contributed by atoms with van der Waals surface area (Å²) in [6, 6.07) is 6.78. The number of aromatic amines is 1. The third-order valence-corrected chi connectivity index (χ3v) is 2.77. The second-order valence-corrected chi connectivity index (χ2v) is 3.95. The van der Waals surface area contributed by atoms with Crippen LogP contribution >= 0.6 is 0 Å². The number of ether oxygens (including phenoxy) is 3. The van der Waals surface area contributed by atoms with Gasteiger partial charge < -0.3 is 24.5 Å². The van der Waals surface area contributed by atoms with E-state index in [0.29, 0.717) is 28.6 Å². The van der Waals surface area contributed by atoms with Gasteiger partial charge in [0.1, 0.15) is 5.69 Å². The van der Waals surface area contributed by atoms with E-state index in [9.17, 15) is 4.79 Å². The highest BCUT2D eigenvalue weighted by molar-refractivity contribution is 6.03. The Balaban J connectivity index is 2.30. The van der Waals surface area contributed by atoms with Crippen LogP contribution in [0.15, 0.2) is 30.5 Å². The maximum absolute atomic E-state index is 12.0. The standard InChI is InChI=1S/C14H16N2O4/c1-18-11-7-9(8-12(19-2)13(11)20-3)16-14(17)10-5-4-6-15-10/h4-8,15H,1-3H3,(H,16,17). The lowest BCUT2D eigenvalue weighted by molar-refractivity contribution is 0.102. The Kier molecular flexibility index (Phi) is 4.14. The van der Waals surface area contributed by atoms with Gasteiger partial charge >= 0.3 is 0 Å². The van der Waals surface area contributed by atoms with Crippen molar-refractivity contribution in [3.8, 4) is 17.2 Å². The van der Waals surface area contributed by atoms with E-state index in [1.54, 1.807) is 30.5 Å². The second kappa shape index (κ2) is 6.01. The first-order valence-corrected chi connectivity index (χ1v) is 5.94. The van der Waals surface area contributed by atoms with E-state index in [1.165, 1.54) is 21.3 Å². The minimum absolute atomic E-state index is 0.246. The number of carbonyl (C=O) groups excluding carboxylic acids is 1. The first-order valence-electron chi connectivity index (χ1n) is 5.94. The van der Waals surface area contributed by atoms with E-state index in [1.807, 2.05) is 0 Å². The third kappa shape index (κ3) is 2.69. The molecule has 2 rings (SSSR count). The molecular weight excluding hydrogens is 260 g/mol. The Morgan fingerprint density at radius 3 is 2.20 bits per heavy atom. The molecule has 1 amide bonds. The van der Waals surface area contributed by atoms with Gasteiger partial charge in [-0.15, -0.1) is 0 Å². The lowest BCUT2D eigenvalue weighted by Crippen LogP contribution is -2.12. The summed E-state index contributed by atoms with van der Waals surface area (Å²) < 4.78 is 15.7. The second-order valence-electron chi connectivity index (χ2n) is 3.95. The van der Waals surface area contributed by atoms with Crippen molar-refractivity contribution in [3.05, 3.63) is 36.2 Å². The van der Waals surface area contributed by atoms with Crippen LogP contribution in [0.5, 0.6) is 17.2 Å². The molecule has 0 aliphatic carbocycles. The minimum atomic E-state index is -0.246. The highest BCUT2D eigenvalue weighted by Crippen LogP contribution is 2.39. The number of amides is 1. The highest BCUT2D eigenvalue weighted by atomic mass is 16.5. The fourth-order valence-electron chi connectivity index (χ4n) is 1.82. The lowest BCUT2D eigenvalue weighted by atomic mass is 10.2. The van der Waals surface area contributed by atoms with Crippen LogP contribution in [-0.2, 0) is 0 Å². The molecule has 6 heteroatoms. The fourth-order valence-corrected chi connectivity index (χ4v) is 1.82. The van der Waals surface area contributed by atoms with Crippen molar-refractivity contribution in [1.82, 2.24) is 4.98 Å². The van der Waals surface area contributed by atoms with Gasteiger partial charge in [0.2, 0.25) is 5.75 Å². The molecule has 106 valence electrons. The van der Waals surface area contributed by atoms with Crippen molar-refractivity contribution in [3.63, 3.8) is 0 Å². The number of aromatic nitrogens is 1. The fraction of sp³-hybridized carbons (Fsp3) is 0.214. The molecule has 2 aromatic rings. The van der Waals surface area contributed by atoms with E-state index < -0.39 is 0 Å². The topological polar surface area (TPSA) is 72.6 Å². The number of methoxy groups -OCH3 is 3. The summed E-state index contributed by atoms with van der Waals surface area (Å²) in [7, 11) is 4.57. The molecule has 0 radical (unpaired) electrons. The molecule has 1 aromatic heterocycles. The zero-order chi connectivity index (χ0) is 14.5. The number of anilines is 1. The molecule has 6 nitrogen and oxygen atoms in total. The minimum Gasteiger partial charge on any atom is -0.493 e. The van der Waals surface area contributed by atoms with Gasteiger partial charge in [0.15, 0.2) is 11.5 Å². The van der Waals surface area contributed by atoms with Crippen LogP contribution < -0.4 is 19.5 Å². The zero-order valence-electron chi connectivity index (χ0n) is 11.5. The first-order chi connectivity index (χ1) is 9.69. The van der Waals surface area contributed by atoms with Crippen LogP contribution in [0.25, 0.3) is 0 Å². The summed E-state index contributed by atoms with van der Waals surface area (Å²) in [5, 5.41) is 2.76. The van der Waals surface area contributed by atoms with Gasteiger partial charge in [-0.05, 0) is 12.1 Å². The SMILES string of the molecule is COc1cc(NC(=O)c2ccc[nH]2)cc(OC)c1OC. The summed E-state index contributed by atoms with van der Waals surface area (Å²) >= 11 is 0. The Bertz CT molecular complexity index is 568. The van der Waals surface area contributed by atoms with E-state index in [2.05, 4.69) is 10.3 Å². The molecule has 0 aliphatic heterocycles. The molecule has 20 heavy (non-hydrogen) atoms. The summed E-state index contributed by atoms with van der Waals surface area (Å²) in [4.78, 5) is 14.8. The number of H-pyrrole nitrogens is 1. The van der Waals surface area contributed by atoms with Crippen molar-refractivity contribution in [1.29, 1.82) is 0 Å². The van der Waals surface area contributed by atoms with E-state index >= 15 is 0 Å². The molecule has 0 spiro atoms. The van der Waals surface area contributed by atoms with Gasteiger partial charge in [-0.3, -0.25) is 4.79 Å². The molecule has 2 N–H and O–H groups in total. The van der Waals surface area contributed by atoms with Gasteiger partial charge in [0.05, 0.1) is 21.3 Å². The molecule has 0 unspecified atom stereocenters. The number of benzene rings is 1. The quantitative estimate of drug-likeness (QED) is 0.878. The van der Waals surface area contributed by atoms with Gasteiger partial charge in [0, 0.05) is 24.0 Å². The average molecular weight is 276 g/mol. The normalized spacial score (nSPS) is 9.95. The maximum atomic E-state index is 12.0. The van der Waals surface area contributed by atoms with Crippen LogP contribution in [0.1, 0.15) is 10.5 Å². The Morgan fingerprint density at radius 1 is 1.10 bits per heavy atom. The molecule has 1 aromatic carbocycles. The predicted molar refractivity (Wildman–Crippen MR) is 74.8 cm³/mol. The van der Waals surface area contributed by atoms with Gasteiger partial charge in [-0.25, -0.2) is 0 Å². The van der Waals surface area contributed by atoms with Crippen molar-refractivity contribution in [2.24, 2.45) is 0 Å².